The summed E-state index contributed by atoms with van der Waals surface area (Å²) in [6.07, 6.45) is 0.914. The van der Waals surface area contributed by atoms with Crippen molar-refractivity contribution in [2.45, 2.75) is 33.6 Å². The van der Waals surface area contributed by atoms with Crippen LogP contribution in [0.4, 0.5) is 0 Å². The van der Waals surface area contributed by atoms with Crippen LogP contribution in [0.1, 0.15) is 55.1 Å². The largest absolute Gasteiger partial charge is 0.493 e. The van der Waals surface area contributed by atoms with Crippen LogP contribution in [0.2, 0.25) is 0 Å². The van der Waals surface area contributed by atoms with Crippen molar-refractivity contribution in [2.75, 3.05) is 6.61 Å². The third-order valence-corrected chi connectivity index (χ3v) is 4.99. The molecule has 0 atom stereocenters. The molecule has 0 saturated heterocycles. The van der Waals surface area contributed by atoms with Gasteiger partial charge in [0.25, 0.3) is 0 Å². The van der Waals surface area contributed by atoms with Gasteiger partial charge in [-0.2, -0.15) is 5.26 Å². The topological polar surface area (TPSA) is 67.2 Å². The third-order valence-electron chi connectivity index (χ3n) is 4.99. The van der Waals surface area contributed by atoms with E-state index in [9.17, 15) is 9.59 Å². The van der Waals surface area contributed by atoms with Crippen molar-refractivity contribution in [2.24, 2.45) is 5.41 Å². The molecule has 0 unspecified atom stereocenters. The van der Waals surface area contributed by atoms with Crippen molar-refractivity contribution < 1.29 is 14.3 Å². The molecule has 32 heavy (non-hydrogen) atoms. The molecular formula is C28H27NO3. The third kappa shape index (κ3) is 6.39. The highest BCUT2D eigenvalue weighted by atomic mass is 16.5. The molecule has 162 valence electrons. The molecule has 0 saturated carbocycles. The number of hydrogen-bond acceptors (Lipinski definition) is 4. The van der Waals surface area contributed by atoms with Gasteiger partial charge in [0.15, 0.2) is 5.78 Å². The van der Waals surface area contributed by atoms with Gasteiger partial charge in [-0.3, -0.25) is 9.59 Å². The van der Waals surface area contributed by atoms with Crippen LogP contribution in [0.15, 0.2) is 72.8 Å². The molecule has 0 heterocycles. The van der Waals surface area contributed by atoms with Crippen LogP contribution in [0.5, 0.6) is 5.75 Å². The lowest BCUT2D eigenvalue weighted by molar-refractivity contribution is -0.121. The van der Waals surface area contributed by atoms with Crippen LogP contribution in [-0.2, 0) is 4.79 Å². The molecule has 0 radical (unpaired) electrons. The normalized spacial score (nSPS) is 10.9. The number of ether oxygens (including phenoxy) is 1. The molecule has 0 N–H and O–H groups in total. The summed E-state index contributed by atoms with van der Waals surface area (Å²) < 4.78 is 5.66. The number of nitrogens with zero attached hydrogens (tertiary/aromatic N) is 1. The highest BCUT2D eigenvalue weighted by Crippen LogP contribution is 2.23. The van der Waals surface area contributed by atoms with Crippen molar-refractivity contribution in [3.05, 3.63) is 89.5 Å². The Morgan fingerprint density at radius 2 is 1.31 bits per heavy atom. The molecule has 0 bridgehead atoms. The first-order valence-electron chi connectivity index (χ1n) is 10.6. The van der Waals surface area contributed by atoms with Crippen molar-refractivity contribution in [3.63, 3.8) is 0 Å². The Morgan fingerprint density at radius 1 is 0.812 bits per heavy atom. The Balaban J connectivity index is 1.58. The molecule has 4 nitrogen and oxygen atoms in total. The summed E-state index contributed by atoms with van der Waals surface area (Å²) in [5.41, 5.74) is 3.75. The van der Waals surface area contributed by atoms with Gasteiger partial charge < -0.3 is 4.74 Å². The first-order chi connectivity index (χ1) is 15.2. The lowest BCUT2D eigenvalue weighted by Gasteiger charge is -2.16. The summed E-state index contributed by atoms with van der Waals surface area (Å²) in [4.78, 5) is 24.8. The molecule has 0 amide bonds. The molecule has 4 heteroatoms. The Hall–Kier alpha value is -3.71. The number of carbonyl (C=O) groups excluding carboxylic acids is 2. The molecule has 0 aromatic heterocycles. The number of Topliss-reactive ketones (excluding diaryl/α,β-unsaturated/α-hetero) is 1. The minimum absolute atomic E-state index is 0.0146. The van der Waals surface area contributed by atoms with Gasteiger partial charge in [-0.15, -0.1) is 0 Å². The summed E-state index contributed by atoms with van der Waals surface area (Å²) in [5.74, 6) is 0.762. The minimum atomic E-state index is -0.0664. The van der Waals surface area contributed by atoms with Crippen molar-refractivity contribution in [3.8, 4) is 22.9 Å². The molecule has 0 aliphatic heterocycles. The van der Waals surface area contributed by atoms with E-state index >= 15 is 0 Å². The second-order valence-electron chi connectivity index (χ2n) is 8.99. The maximum Gasteiger partial charge on any atom is 0.193 e. The monoisotopic (exact) mass is 425 g/mol. The molecule has 3 aromatic rings. The van der Waals surface area contributed by atoms with Gasteiger partial charge in [-0.25, -0.2) is 0 Å². The average molecular weight is 426 g/mol. The Kier molecular flexibility index (Phi) is 7.22. The number of carbonyl (C=O) groups is 2. The van der Waals surface area contributed by atoms with E-state index in [4.69, 9.17) is 10.00 Å². The number of nitriles is 1. The molecule has 0 spiro atoms. The van der Waals surface area contributed by atoms with E-state index in [1.54, 1.807) is 48.5 Å². The lowest BCUT2D eigenvalue weighted by atomic mass is 9.89. The fourth-order valence-corrected chi connectivity index (χ4v) is 3.38. The zero-order valence-corrected chi connectivity index (χ0v) is 18.7. The van der Waals surface area contributed by atoms with Gasteiger partial charge in [0.1, 0.15) is 11.5 Å². The zero-order chi connectivity index (χ0) is 23.1. The van der Waals surface area contributed by atoms with Gasteiger partial charge in [0.05, 0.1) is 18.2 Å². The summed E-state index contributed by atoms with van der Waals surface area (Å²) >= 11 is 0. The first-order valence-corrected chi connectivity index (χ1v) is 10.6. The Morgan fingerprint density at radius 3 is 1.81 bits per heavy atom. The SMILES string of the molecule is CC(C)(C)CC(=O)CCOc1ccc(C(=O)c2ccc(-c3ccc(C#N)cc3)cc2)cc1. The van der Waals surface area contributed by atoms with E-state index in [1.165, 1.54) is 0 Å². The number of benzene rings is 3. The minimum Gasteiger partial charge on any atom is -0.493 e. The molecule has 0 aliphatic rings. The Labute approximate surface area is 189 Å². The van der Waals surface area contributed by atoms with Crippen LogP contribution in [-0.4, -0.2) is 18.2 Å². The maximum atomic E-state index is 12.8. The summed E-state index contributed by atoms with van der Waals surface area (Å²) in [7, 11) is 0. The van der Waals surface area contributed by atoms with Crippen LogP contribution in [0, 0.1) is 16.7 Å². The van der Waals surface area contributed by atoms with Crippen LogP contribution in [0.3, 0.4) is 0 Å². The number of hydrogen-bond donors (Lipinski definition) is 0. The first kappa shape index (κ1) is 23.0. The van der Waals surface area contributed by atoms with Crippen LogP contribution < -0.4 is 4.74 Å². The van der Waals surface area contributed by atoms with Gasteiger partial charge in [0, 0.05) is 24.0 Å². The summed E-state index contributed by atoms with van der Waals surface area (Å²) in [5, 5.41) is 8.91. The van der Waals surface area contributed by atoms with E-state index in [0.717, 1.165) is 11.1 Å². The van der Waals surface area contributed by atoms with E-state index in [-0.39, 0.29) is 17.0 Å². The van der Waals surface area contributed by atoms with E-state index in [2.05, 4.69) is 6.07 Å². The molecule has 3 aromatic carbocycles. The lowest BCUT2D eigenvalue weighted by Crippen LogP contribution is -2.15. The predicted molar refractivity (Wildman–Crippen MR) is 126 cm³/mol. The maximum absolute atomic E-state index is 12.8. The fourth-order valence-electron chi connectivity index (χ4n) is 3.38. The number of ketones is 2. The highest BCUT2D eigenvalue weighted by molar-refractivity contribution is 6.09. The van der Waals surface area contributed by atoms with E-state index < -0.39 is 0 Å². The molecule has 0 aliphatic carbocycles. The molecule has 0 fully saturated rings. The number of rotatable bonds is 8. The second-order valence-corrected chi connectivity index (χ2v) is 8.99. The van der Waals surface area contributed by atoms with Gasteiger partial charge in [-0.1, -0.05) is 57.2 Å². The van der Waals surface area contributed by atoms with Crippen molar-refractivity contribution >= 4 is 11.6 Å². The predicted octanol–water partition coefficient (Wildman–Crippen LogP) is 6.23. The zero-order valence-electron chi connectivity index (χ0n) is 18.7. The fraction of sp³-hybridized carbons (Fsp3) is 0.250. The smallest absolute Gasteiger partial charge is 0.193 e. The second kappa shape index (κ2) is 10.1. The highest BCUT2D eigenvalue weighted by Gasteiger charge is 2.16. The molecule has 3 rings (SSSR count). The Bertz CT molecular complexity index is 1110. The van der Waals surface area contributed by atoms with Gasteiger partial charge in [0.2, 0.25) is 0 Å². The van der Waals surface area contributed by atoms with Crippen LogP contribution in [0.25, 0.3) is 11.1 Å². The van der Waals surface area contributed by atoms with Gasteiger partial charge in [-0.05, 0) is 52.9 Å². The van der Waals surface area contributed by atoms with Crippen molar-refractivity contribution in [1.82, 2.24) is 0 Å². The summed E-state index contributed by atoms with van der Waals surface area (Å²) in [6, 6.07) is 23.9. The van der Waals surface area contributed by atoms with Crippen LogP contribution >= 0.6 is 0 Å². The quantitative estimate of drug-likeness (QED) is 0.401. The van der Waals surface area contributed by atoms with E-state index in [0.29, 0.717) is 41.9 Å². The standard InChI is InChI=1S/C28H27NO3/c1-28(2,3)18-25(30)16-17-32-26-14-12-24(13-15-26)27(31)23-10-8-22(9-11-23)21-6-4-20(19-29)5-7-21/h4-15H,16-18H2,1-3H3. The van der Waals surface area contributed by atoms with Crippen molar-refractivity contribution in [1.29, 1.82) is 5.26 Å². The molecular weight excluding hydrogens is 398 g/mol. The van der Waals surface area contributed by atoms with Gasteiger partial charge >= 0.3 is 0 Å². The van der Waals surface area contributed by atoms with E-state index in [1.807, 2.05) is 45.0 Å². The average Bonchev–Trinajstić information content (AvgIpc) is 2.78. The summed E-state index contributed by atoms with van der Waals surface area (Å²) in [6.45, 7) is 6.46.